The van der Waals surface area contributed by atoms with Gasteiger partial charge >= 0.3 is 0 Å². The summed E-state index contributed by atoms with van der Waals surface area (Å²) in [6.45, 7) is 2.44. The molecule has 2 aromatic rings. The van der Waals surface area contributed by atoms with Crippen LogP contribution in [0.15, 0.2) is 24.3 Å². The number of carbonyl (C=O) groups excluding carboxylic acids is 1. The van der Waals surface area contributed by atoms with Gasteiger partial charge in [-0.3, -0.25) is 9.89 Å². The van der Waals surface area contributed by atoms with Crippen LogP contribution in [0.4, 0.5) is 0 Å². The quantitative estimate of drug-likeness (QED) is 0.867. The summed E-state index contributed by atoms with van der Waals surface area (Å²) in [5.74, 6) is 2.33. The number of rotatable bonds is 6. The minimum Gasteiger partial charge on any atom is -0.497 e. The van der Waals surface area contributed by atoms with Crippen LogP contribution in [0.2, 0.25) is 0 Å². The Balaban J connectivity index is 1.65. The predicted molar refractivity (Wildman–Crippen MR) is 92.3 cm³/mol. The smallest absolute Gasteiger partial charge is 0.223 e. The molecule has 134 valence electrons. The Kier molecular flexibility index (Phi) is 5.33. The number of nitrogens with one attached hydrogen (secondary N) is 1. The van der Waals surface area contributed by atoms with Crippen molar-refractivity contribution in [2.24, 2.45) is 0 Å². The van der Waals surface area contributed by atoms with Crippen LogP contribution < -0.4 is 4.74 Å². The van der Waals surface area contributed by atoms with Gasteiger partial charge in [0.2, 0.25) is 5.91 Å². The average Bonchev–Trinajstić information content (AvgIpc) is 3.26. The average molecular weight is 344 g/mol. The summed E-state index contributed by atoms with van der Waals surface area (Å²) >= 11 is 0. The van der Waals surface area contributed by atoms with E-state index in [4.69, 9.17) is 9.47 Å². The van der Waals surface area contributed by atoms with E-state index in [2.05, 4.69) is 15.2 Å². The van der Waals surface area contributed by atoms with Gasteiger partial charge in [-0.25, -0.2) is 4.98 Å². The molecular weight excluding hydrogens is 320 g/mol. The van der Waals surface area contributed by atoms with Gasteiger partial charge in [0.05, 0.1) is 19.3 Å². The number of ether oxygens (including phenoxy) is 2. The van der Waals surface area contributed by atoms with E-state index in [1.807, 2.05) is 36.1 Å². The van der Waals surface area contributed by atoms with Crippen molar-refractivity contribution in [2.75, 3.05) is 20.8 Å². The summed E-state index contributed by atoms with van der Waals surface area (Å²) in [6, 6.07) is 7.68. The van der Waals surface area contributed by atoms with E-state index in [9.17, 15) is 4.79 Å². The molecule has 0 aliphatic carbocycles. The summed E-state index contributed by atoms with van der Waals surface area (Å²) in [5.41, 5.74) is 1.11. The molecule has 0 radical (unpaired) electrons. The van der Waals surface area contributed by atoms with E-state index >= 15 is 0 Å². The monoisotopic (exact) mass is 344 g/mol. The third kappa shape index (κ3) is 3.99. The first-order valence-corrected chi connectivity index (χ1v) is 8.44. The van der Waals surface area contributed by atoms with Crippen LogP contribution in [-0.2, 0) is 16.0 Å². The van der Waals surface area contributed by atoms with E-state index in [0.717, 1.165) is 23.6 Å². The first kappa shape index (κ1) is 17.4. The topological polar surface area (TPSA) is 80.3 Å². The van der Waals surface area contributed by atoms with Gasteiger partial charge in [0.15, 0.2) is 5.82 Å². The predicted octanol–water partition coefficient (Wildman–Crippen LogP) is 2.04. The highest BCUT2D eigenvalue weighted by atomic mass is 16.5. The molecule has 2 heterocycles. The summed E-state index contributed by atoms with van der Waals surface area (Å²) in [5, 5.41) is 7.09. The number of likely N-dealkylation sites (tertiary alicyclic amines) is 1. The molecule has 25 heavy (non-hydrogen) atoms. The van der Waals surface area contributed by atoms with E-state index in [-0.39, 0.29) is 18.1 Å². The van der Waals surface area contributed by atoms with Crippen LogP contribution in [-0.4, -0.2) is 52.9 Å². The maximum atomic E-state index is 12.8. The number of hydrogen-bond acceptors (Lipinski definition) is 5. The van der Waals surface area contributed by atoms with Gasteiger partial charge < -0.3 is 14.4 Å². The number of H-pyrrole nitrogens is 1. The lowest BCUT2D eigenvalue weighted by molar-refractivity contribution is -0.132. The number of nitrogens with zero attached hydrogens (tertiary/aromatic N) is 3. The number of hydrogen-bond donors (Lipinski definition) is 1. The first-order valence-electron chi connectivity index (χ1n) is 8.44. The van der Waals surface area contributed by atoms with Crippen molar-refractivity contribution in [3.05, 3.63) is 41.5 Å². The summed E-state index contributed by atoms with van der Waals surface area (Å²) in [7, 11) is 3.32. The van der Waals surface area contributed by atoms with Gasteiger partial charge in [-0.2, -0.15) is 5.10 Å². The Morgan fingerprint density at radius 3 is 2.68 bits per heavy atom. The fraction of sp³-hybridized carbons (Fsp3) is 0.500. The molecule has 1 aliphatic rings. The largest absolute Gasteiger partial charge is 0.497 e. The molecule has 1 amide bonds. The Hall–Kier alpha value is -2.41. The first-order chi connectivity index (χ1) is 12.1. The second-order valence-electron chi connectivity index (χ2n) is 6.28. The number of aryl methyl sites for hydroxylation is 2. The van der Waals surface area contributed by atoms with Crippen molar-refractivity contribution in [3.8, 4) is 5.75 Å². The van der Waals surface area contributed by atoms with Crippen LogP contribution in [0.25, 0.3) is 0 Å². The molecule has 3 rings (SSSR count). The van der Waals surface area contributed by atoms with Gasteiger partial charge in [-0.05, 0) is 31.0 Å². The number of amides is 1. The fourth-order valence-electron chi connectivity index (χ4n) is 3.18. The van der Waals surface area contributed by atoms with Crippen LogP contribution in [0.5, 0.6) is 5.75 Å². The van der Waals surface area contributed by atoms with E-state index in [0.29, 0.717) is 25.2 Å². The lowest BCUT2D eigenvalue weighted by Crippen LogP contribution is -2.32. The Bertz CT molecular complexity index is 713. The second kappa shape index (κ2) is 7.65. The molecule has 1 fully saturated rings. The van der Waals surface area contributed by atoms with Crippen LogP contribution in [0.1, 0.15) is 36.1 Å². The van der Waals surface area contributed by atoms with Crippen molar-refractivity contribution in [1.29, 1.82) is 0 Å². The SMILES string of the molecule is COc1ccc(CCC(=O)N2C[C@@H](OC)C[C@H]2c2n[nH]c(C)n2)cc1. The van der Waals surface area contributed by atoms with Crippen molar-refractivity contribution < 1.29 is 14.3 Å². The molecule has 0 spiro atoms. The zero-order valence-electron chi connectivity index (χ0n) is 14.9. The standard InChI is InChI=1S/C18H24N4O3/c1-12-19-18(21-20-12)16-10-15(25-3)11-22(16)17(23)9-6-13-4-7-14(24-2)8-5-13/h4-5,7-8,15-16H,6,9-11H2,1-3H3,(H,19,20,21)/t15-,16-/m0/s1. The third-order valence-corrected chi connectivity index (χ3v) is 4.62. The molecule has 2 atom stereocenters. The van der Waals surface area contributed by atoms with E-state index in [1.54, 1.807) is 14.2 Å². The van der Waals surface area contributed by atoms with Crippen molar-refractivity contribution in [3.63, 3.8) is 0 Å². The number of aromatic nitrogens is 3. The fourth-order valence-corrected chi connectivity index (χ4v) is 3.18. The van der Waals surface area contributed by atoms with E-state index in [1.165, 1.54) is 0 Å². The molecule has 1 aromatic carbocycles. The van der Waals surface area contributed by atoms with E-state index < -0.39 is 0 Å². The Morgan fingerprint density at radius 2 is 2.08 bits per heavy atom. The molecule has 1 saturated heterocycles. The minimum atomic E-state index is -0.127. The van der Waals surface area contributed by atoms with Gasteiger partial charge in [-0.1, -0.05) is 12.1 Å². The van der Waals surface area contributed by atoms with Gasteiger partial charge in [0.1, 0.15) is 11.6 Å². The summed E-state index contributed by atoms with van der Waals surface area (Å²) in [6.07, 6.45) is 1.88. The number of carbonyl (C=O) groups is 1. The van der Waals surface area contributed by atoms with Gasteiger partial charge in [-0.15, -0.1) is 0 Å². The van der Waals surface area contributed by atoms with Crippen molar-refractivity contribution in [2.45, 2.75) is 38.3 Å². The van der Waals surface area contributed by atoms with Crippen molar-refractivity contribution >= 4 is 5.91 Å². The molecule has 1 N–H and O–H groups in total. The second-order valence-corrected chi connectivity index (χ2v) is 6.28. The molecule has 7 heteroatoms. The maximum absolute atomic E-state index is 12.8. The molecule has 1 aliphatic heterocycles. The molecule has 7 nitrogen and oxygen atoms in total. The summed E-state index contributed by atoms with van der Waals surface area (Å²) < 4.78 is 10.6. The zero-order valence-corrected chi connectivity index (χ0v) is 14.9. The third-order valence-electron chi connectivity index (χ3n) is 4.62. The zero-order chi connectivity index (χ0) is 17.8. The van der Waals surface area contributed by atoms with Crippen LogP contribution >= 0.6 is 0 Å². The van der Waals surface area contributed by atoms with Gasteiger partial charge in [0, 0.05) is 26.5 Å². The lowest BCUT2D eigenvalue weighted by Gasteiger charge is -2.22. The molecule has 1 aromatic heterocycles. The minimum absolute atomic E-state index is 0.0220. The highest BCUT2D eigenvalue weighted by Gasteiger charge is 2.38. The Labute approximate surface area is 147 Å². The van der Waals surface area contributed by atoms with Gasteiger partial charge in [0.25, 0.3) is 0 Å². The highest BCUT2D eigenvalue weighted by molar-refractivity contribution is 5.77. The normalized spacial score (nSPS) is 20.0. The summed E-state index contributed by atoms with van der Waals surface area (Å²) in [4.78, 5) is 19.0. The Morgan fingerprint density at radius 1 is 1.32 bits per heavy atom. The van der Waals surface area contributed by atoms with Crippen molar-refractivity contribution in [1.82, 2.24) is 20.1 Å². The molecular formula is C18H24N4O3. The molecule has 0 saturated carbocycles. The van der Waals surface area contributed by atoms with Crippen LogP contribution in [0, 0.1) is 6.92 Å². The number of benzene rings is 1. The maximum Gasteiger partial charge on any atom is 0.223 e. The number of methoxy groups -OCH3 is 2. The lowest BCUT2D eigenvalue weighted by atomic mass is 10.1. The molecule has 0 bridgehead atoms. The highest BCUT2D eigenvalue weighted by Crippen LogP contribution is 2.32. The number of aromatic amines is 1. The van der Waals surface area contributed by atoms with Crippen LogP contribution in [0.3, 0.4) is 0 Å². The molecule has 0 unspecified atom stereocenters.